The van der Waals surface area contributed by atoms with Crippen LogP contribution in [0.1, 0.15) is 15.9 Å². The van der Waals surface area contributed by atoms with Crippen molar-refractivity contribution in [2.75, 3.05) is 19.5 Å². The topological polar surface area (TPSA) is 73.3 Å². The third-order valence-electron chi connectivity index (χ3n) is 4.79. The molecule has 0 aliphatic heterocycles. The Bertz CT molecular complexity index is 1260. The van der Waals surface area contributed by atoms with Crippen LogP contribution < -0.4 is 14.8 Å². The summed E-state index contributed by atoms with van der Waals surface area (Å²) < 4.78 is 10.6. The van der Waals surface area contributed by atoms with Gasteiger partial charge in [0.05, 0.1) is 19.7 Å². The van der Waals surface area contributed by atoms with Gasteiger partial charge in [-0.05, 0) is 48.0 Å². The van der Waals surface area contributed by atoms with E-state index in [1.165, 1.54) is 6.33 Å². The van der Waals surface area contributed by atoms with Gasteiger partial charge in [-0.25, -0.2) is 9.97 Å². The highest BCUT2D eigenvalue weighted by molar-refractivity contribution is 6.07. The predicted octanol–water partition coefficient (Wildman–Crippen LogP) is 5.29. The zero-order chi connectivity index (χ0) is 21.6. The quantitative estimate of drug-likeness (QED) is 0.329. The number of aromatic nitrogens is 2. The minimum absolute atomic E-state index is 0.106. The minimum Gasteiger partial charge on any atom is -0.493 e. The molecule has 31 heavy (non-hydrogen) atoms. The third kappa shape index (κ3) is 4.53. The number of hydrogen-bond donors (Lipinski definition) is 1. The molecule has 0 atom stereocenters. The van der Waals surface area contributed by atoms with Crippen molar-refractivity contribution in [3.8, 4) is 11.5 Å². The molecule has 0 saturated heterocycles. The van der Waals surface area contributed by atoms with Crippen molar-refractivity contribution in [2.45, 2.75) is 0 Å². The molecule has 0 amide bonds. The van der Waals surface area contributed by atoms with Crippen molar-refractivity contribution in [3.05, 3.63) is 90.3 Å². The molecule has 6 heteroatoms. The van der Waals surface area contributed by atoms with Crippen LogP contribution in [0, 0.1) is 0 Å². The number of carbonyl (C=O) groups is 1. The molecule has 1 aromatic heterocycles. The van der Waals surface area contributed by atoms with Crippen LogP contribution in [-0.2, 0) is 0 Å². The molecule has 0 bridgehead atoms. The molecular weight excluding hydrogens is 390 g/mol. The number of hydrogen-bond acceptors (Lipinski definition) is 6. The number of methoxy groups -OCH3 is 2. The minimum atomic E-state index is -0.106. The molecule has 1 N–H and O–H groups in total. The highest BCUT2D eigenvalue weighted by Gasteiger charge is 2.07. The Balaban J connectivity index is 1.54. The normalized spacial score (nSPS) is 10.9. The number of nitrogens with zero attached hydrogens (tertiary/aromatic N) is 2. The van der Waals surface area contributed by atoms with Gasteiger partial charge in [-0.3, -0.25) is 4.79 Å². The van der Waals surface area contributed by atoms with Gasteiger partial charge < -0.3 is 14.8 Å². The number of rotatable bonds is 7. The molecule has 0 fully saturated rings. The molecule has 0 spiro atoms. The Labute approximate surface area is 180 Å². The lowest BCUT2D eigenvalue weighted by molar-refractivity contribution is 0.104. The molecule has 0 aliphatic carbocycles. The predicted molar refractivity (Wildman–Crippen MR) is 122 cm³/mol. The SMILES string of the molecule is COc1ccc(/C=C/C(=O)c2cccc(Nc3ncnc4ccccc34)c2)cc1OC. The lowest BCUT2D eigenvalue weighted by Gasteiger charge is -2.09. The van der Waals surface area contributed by atoms with Gasteiger partial charge in [0.1, 0.15) is 12.1 Å². The van der Waals surface area contributed by atoms with Crippen molar-refractivity contribution < 1.29 is 14.3 Å². The average Bonchev–Trinajstić information content (AvgIpc) is 2.82. The molecule has 0 unspecified atom stereocenters. The molecule has 4 aromatic rings. The van der Waals surface area contributed by atoms with E-state index in [0.29, 0.717) is 22.9 Å². The summed E-state index contributed by atoms with van der Waals surface area (Å²) >= 11 is 0. The maximum atomic E-state index is 12.7. The van der Waals surface area contributed by atoms with Crippen molar-refractivity contribution in [1.82, 2.24) is 9.97 Å². The number of anilines is 2. The number of allylic oxidation sites excluding steroid dienone is 1. The van der Waals surface area contributed by atoms with Gasteiger partial charge >= 0.3 is 0 Å². The van der Waals surface area contributed by atoms with Crippen molar-refractivity contribution in [1.29, 1.82) is 0 Å². The molecule has 0 saturated carbocycles. The van der Waals surface area contributed by atoms with Gasteiger partial charge in [-0.15, -0.1) is 0 Å². The second-order valence-corrected chi connectivity index (χ2v) is 6.76. The van der Waals surface area contributed by atoms with Crippen molar-refractivity contribution in [3.63, 3.8) is 0 Å². The first-order valence-electron chi connectivity index (χ1n) is 9.69. The lowest BCUT2D eigenvalue weighted by atomic mass is 10.1. The summed E-state index contributed by atoms with van der Waals surface area (Å²) in [5, 5.41) is 4.20. The number of ketones is 1. The molecule has 0 radical (unpaired) electrons. The van der Waals surface area contributed by atoms with E-state index in [9.17, 15) is 4.79 Å². The summed E-state index contributed by atoms with van der Waals surface area (Å²) in [7, 11) is 3.16. The summed E-state index contributed by atoms with van der Waals surface area (Å²) in [5.41, 5.74) is 3.03. The summed E-state index contributed by atoms with van der Waals surface area (Å²) in [5.74, 6) is 1.84. The summed E-state index contributed by atoms with van der Waals surface area (Å²) in [6, 6.07) is 20.6. The van der Waals surface area contributed by atoms with E-state index < -0.39 is 0 Å². The Hall–Kier alpha value is -4.19. The zero-order valence-corrected chi connectivity index (χ0v) is 17.2. The monoisotopic (exact) mass is 411 g/mol. The number of ether oxygens (including phenoxy) is 2. The number of fused-ring (bicyclic) bond motifs is 1. The van der Waals surface area contributed by atoms with Crippen LogP contribution in [0.5, 0.6) is 11.5 Å². The number of carbonyl (C=O) groups excluding carboxylic acids is 1. The second-order valence-electron chi connectivity index (χ2n) is 6.76. The number of benzene rings is 3. The van der Waals surface area contributed by atoms with Crippen LogP contribution in [0.2, 0.25) is 0 Å². The average molecular weight is 411 g/mol. The van der Waals surface area contributed by atoms with E-state index in [2.05, 4.69) is 15.3 Å². The maximum Gasteiger partial charge on any atom is 0.185 e. The molecular formula is C25H21N3O3. The van der Waals surface area contributed by atoms with E-state index in [-0.39, 0.29) is 5.78 Å². The standard InChI is InChI=1S/C25H21N3O3/c1-30-23-13-11-17(14-24(23)31-2)10-12-22(29)18-6-5-7-19(15-18)28-25-20-8-3-4-9-21(20)26-16-27-25/h3-16H,1-2H3,(H,26,27,28)/b12-10+. The zero-order valence-electron chi connectivity index (χ0n) is 17.2. The number of nitrogens with one attached hydrogen (secondary N) is 1. The van der Waals surface area contributed by atoms with E-state index in [0.717, 1.165) is 22.2 Å². The smallest absolute Gasteiger partial charge is 0.185 e. The van der Waals surface area contributed by atoms with Gasteiger partial charge in [0, 0.05) is 16.6 Å². The van der Waals surface area contributed by atoms with Crippen LogP contribution in [0.3, 0.4) is 0 Å². The van der Waals surface area contributed by atoms with E-state index in [1.807, 2.05) is 48.5 Å². The van der Waals surface area contributed by atoms with Gasteiger partial charge in [0.2, 0.25) is 0 Å². The van der Waals surface area contributed by atoms with E-state index >= 15 is 0 Å². The first-order valence-corrected chi connectivity index (χ1v) is 9.69. The third-order valence-corrected chi connectivity index (χ3v) is 4.79. The molecule has 154 valence electrons. The first kappa shape index (κ1) is 20.1. The second kappa shape index (κ2) is 9.09. The van der Waals surface area contributed by atoms with Crippen LogP contribution >= 0.6 is 0 Å². The van der Waals surface area contributed by atoms with E-state index in [1.54, 1.807) is 44.6 Å². The van der Waals surface area contributed by atoms with Gasteiger partial charge in [0.15, 0.2) is 17.3 Å². The lowest BCUT2D eigenvalue weighted by Crippen LogP contribution is -1.99. The van der Waals surface area contributed by atoms with Crippen LogP contribution in [0.25, 0.3) is 17.0 Å². The molecule has 1 heterocycles. The Morgan fingerprint density at radius 2 is 1.74 bits per heavy atom. The Morgan fingerprint density at radius 1 is 0.903 bits per heavy atom. The molecule has 6 nitrogen and oxygen atoms in total. The Morgan fingerprint density at radius 3 is 2.58 bits per heavy atom. The molecule has 3 aromatic carbocycles. The first-order chi connectivity index (χ1) is 15.2. The maximum absolute atomic E-state index is 12.7. The van der Waals surface area contributed by atoms with Crippen molar-refractivity contribution in [2.24, 2.45) is 0 Å². The van der Waals surface area contributed by atoms with Crippen LogP contribution in [-0.4, -0.2) is 30.0 Å². The van der Waals surface area contributed by atoms with E-state index in [4.69, 9.17) is 9.47 Å². The largest absolute Gasteiger partial charge is 0.493 e. The van der Waals surface area contributed by atoms with Gasteiger partial charge in [-0.2, -0.15) is 0 Å². The fraction of sp³-hybridized carbons (Fsp3) is 0.0800. The highest BCUT2D eigenvalue weighted by atomic mass is 16.5. The fourth-order valence-corrected chi connectivity index (χ4v) is 3.22. The highest BCUT2D eigenvalue weighted by Crippen LogP contribution is 2.28. The summed E-state index contributed by atoms with van der Waals surface area (Å²) in [6.07, 6.45) is 4.81. The van der Waals surface area contributed by atoms with Crippen LogP contribution in [0.15, 0.2) is 79.1 Å². The summed E-state index contributed by atoms with van der Waals surface area (Å²) in [4.78, 5) is 21.3. The Kier molecular flexibility index (Phi) is 5.89. The number of para-hydroxylation sites is 1. The molecule has 0 aliphatic rings. The fourth-order valence-electron chi connectivity index (χ4n) is 3.22. The summed E-state index contributed by atoms with van der Waals surface area (Å²) in [6.45, 7) is 0. The molecule has 4 rings (SSSR count). The van der Waals surface area contributed by atoms with Gasteiger partial charge in [-0.1, -0.05) is 36.4 Å². The van der Waals surface area contributed by atoms with Crippen molar-refractivity contribution >= 4 is 34.3 Å². The van der Waals surface area contributed by atoms with Gasteiger partial charge in [0.25, 0.3) is 0 Å². The van der Waals surface area contributed by atoms with Crippen LogP contribution in [0.4, 0.5) is 11.5 Å².